The quantitative estimate of drug-likeness (QED) is 0.0833. The molecule has 312 valence electrons. The second-order valence-electron chi connectivity index (χ2n) is 15.8. The van der Waals surface area contributed by atoms with Crippen LogP contribution < -0.4 is 10.5 Å². The fourth-order valence-electron chi connectivity index (χ4n) is 8.43. The van der Waals surface area contributed by atoms with E-state index < -0.39 is 12.0 Å². The molecule has 1 atom stereocenters. The number of esters is 1. The van der Waals surface area contributed by atoms with Crippen LogP contribution in [0.4, 0.5) is 0 Å². The summed E-state index contributed by atoms with van der Waals surface area (Å²) in [4.78, 5) is 30.9. The highest BCUT2D eigenvalue weighted by Crippen LogP contribution is 2.38. The fraction of sp³-hybridized carbons (Fsp3) is 0.0893. The summed E-state index contributed by atoms with van der Waals surface area (Å²) >= 11 is 0. The molecule has 0 spiro atoms. The van der Waals surface area contributed by atoms with Crippen molar-refractivity contribution in [3.63, 3.8) is 0 Å². The molecule has 64 heavy (non-hydrogen) atoms. The molecule has 0 saturated carbocycles. The molecule has 5 aromatic carbocycles. The van der Waals surface area contributed by atoms with Crippen LogP contribution >= 0.6 is 0 Å². The molecular formula is C56H45N5O3. The summed E-state index contributed by atoms with van der Waals surface area (Å²) in [6.07, 6.45) is 9.40. The highest BCUT2D eigenvalue weighted by atomic mass is 16.5. The number of hydrogen-bond donors (Lipinski definition) is 3. The number of aromatic amines is 2. The lowest BCUT2D eigenvalue weighted by atomic mass is 10.0. The van der Waals surface area contributed by atoms with Crippen molar-refractivity contribution in [1.29, 1.82) is 0 Å². The lowest BCUT2D eigenvalue weighted by Gasteiger charge is -2.12. The standard InChI is InChI=1S/C56H45N5O3/c57-43(36-37-14-5-1-6-15-37)56(62)64-35-13-34-63-42-24-22-41(23-25-42)55-50-32-30-48(60-50)53(39-18-9-3-10-19-39)46-28-26-44(58-46)52(38-16-7-2-8-17-38)45-27-29-47(59-45)54(40-20-11-4-12-21-40)49-31-33-51(55)61-49/h1-12,14-33,43,58,61H,13,34-36,57H2/t43-/m0/s1. The molecule has 2 aliphatic rings. The molecule has 0 amide bonds. The average Bonchev–Trinajstić information content (AvgIpc) is 4.19. The minimum Gasteiger partial charge on any atom is -0.493 e. The number of hydrogen-bond acceptors (Lipinski definition) is 6. The molecular weight excluding hydrogens is 791 g/mol. The zero-order valence-corrected chi connectivity index (χ0v) is 35.1. The van der Waals surface area contributed by atoms with Gasteiger partial charge in [0.1, 0.15) is 11.8 Å². The third-order valence-corrected chi connectivity index (χ3v) is 11.5. The SMILES string of the molecule is N[C@@H](Cc1ccccc1)C(=O)OCCCOc1ccc(-c2c3nc(c(-c4ccccc4)c4ccc([nH]4)c(-c4ccccc4)c4nc(c(-c5ccccc5)c5ccc2[nH]5)C=C4)C=C3)cc1. The molecule has 2 aliphatic heterocycles. The Morgan fingerprint density at radius 3 is 1.25 bits per heavy atom. The number of carbonyl (C=O) groups excluding carboxylic acids is 1. The molecule has 0 unspecified atom stereocenters. The lowest BCUT2D eigenvalue weighted by molar-refractivity contribution is -0.145. The maximum Gasteiger partial charge on any atom is 0.323 e. The van der Waals surface area contributed by atoms with E-state index in [0.29, 0.717) is 25.2 Å². The van der Waals surface area contributed by atoms with E-state index in [4.69, 9.17) is 25.2 Å². The number of nitrogens with two attached hydrogens (primary N) is 1. The van der Waals surface area contributed by atoms with Gasteiger partial charge in [0.05, 0.1) is 36.0 Å². The Morgan fingerprint density at radius 2 is 0.844 bits per heavy atom. The van der Waals surface area contributed by atoms with Gasteiger partial charge in [-0.05, 0) is 94.9 Å². The second kappa shape index (κ2) is 18.1. The smallest absolute Gasteiger partial charge is 0.323 e. The van der Waals surface area contributed by atoms with Gasteiger partial charge >= 0.3 is 5.97 Å². The van der Waals surface area contributed by atoms with Gasteiger partial charge in [-0.15, -0.1) is 0 Å². The van der Waals surface area contributed by atoms with Gasteiger partial charge in [-0.1, -0.05) is 133 Å². The topological polar surface area (TPSA) is 119 Å². The summed E-state index contributed by atoms with van der Waals surface area (Å²) in [5, 5.41) is 0. The van der Waals surface area contributed by atoms with E-state index in [1.807, 2.05) is 60.7 Å². The van der Waals surface area contributed by atoms with Crippen LogP contribution in [0.5, 0.6) is 5.75 Å². The van der Waals surface area contributed by atoms with Crippen molar-refractivity contribution in [3.05, 3.63) is 198 Å². The molecule has 8 bridgehead atoms. The van der Waals surface area contributed by atoms with Crippen molar-refractivity contribution in [2.75, 3.05) is 13.2 Å². The molecule has 4 N–H and O–H groups in total. The number of fused-ring (bicyclic) bond motifs is 8. The first-order valence-corrected chi connectivity index (χ1v) is 21.6. The number of H-pyrrole nitrogens is 2. The number of nitrogens with zero attached hydrogens (tertiary/aromatic N) is 2. The van der Waals surface area contributed by atoms with Crippen molar-refractivity contribution >= 4 is 52.3 Å². The van der Waals surface area contributed by atoms with Crippen molar-refractivity contribution in [1.82, 2.24) is 19.9 Å². The summed E-state index contributed by atoms with van der Waals surface area (Å²) in [7, 11) is 0. The Bertz CT molecular complexity index is 3140. The van der Waals surface area contributed by atoms with Crippen LogP contribution in [0.15, 0.2) is 170 Å². The monoisotopic (exact) mass is 835 g/mol. The summed E-state index contributed by atoms with van der Waals surface area (Å²) in [5.74, 6) is 0.294. The van der Waals surface area contributed by atoms with Gasteiger partial charge in [0.15, 0.2) is 0 Å². The number of ether oxygens (including phenoxy) is 2. The van der Waals surface area contributed by atoms with E-state index in [-0.39, 0.29) is 6.61 Å². The number of carbonyl (C=O) groups is 1. The van der Waals surface area contributed by atoms with Crippen LogP contribution in [0, 0.1) is 0 Å². The molecule has 0 fully saturated rings. The van der Waals surface area contributed by atoms with Crippen LogP contribution in [0.1, 0.15) is 34.8 Å². The molecule has 0 aliphatic carbocycles. The van der Waals surface area contributed by atoms with Gasteiger partial charge in [-0.3, -0.25) is 4.79 Å². The Kier molecular flexibility index (Phi) is 11.3. The van der Waals surface area contributed by atoms with E-state index in [9.17, 15) is 4.79 Å². The van der Waals surface area contributed by atoms with Crippen LogP contribution in [-0.4, -0.2) is 45.2 Å². The first-order chi connectivity index (χ1) is 31.6. The molecule has 5 heterocycles. The van der Waals surface area contributed by atoms with E-state index in [1.54, 1.807) is 0 Å². The van der Waals surface area contributed by atoms with E-state index in [0.717, 1.165) is 94.9 Å². The summed E-state index contributed by atoms with van der Waals surface area (Å²) < 4.78 is 11.6. The first-order valence-electron chi connectivity index (χ1n) is 21.6. The minimum atomic E-state index is -0.714. The summed E-state index contributed by atoms with van der Waals surface area (Å²) in [6.45, 7) is 0.600. The number of nitrogens with one attached hydrogen (secondary N) is 2. The summed E-state index contributed by atoms with van der Waals surface area (Å²) in [6, 6.07) is 56.8. The Labute approximate surface area is 371 Å². The Morgan fingerprint density at radius 1 is 0.469 bits per heavy atom. The number of rotatable bonds is 12. The van der Waals surface area contributed by atoms with Gasteiger partial charge < -0.3 is 25.2 Å². The second-order valence-corrected chi connectivity index (χ2v) is 15.8. The van der Waals surface area contributed by atoms with Crippen LogP contribution in [-0.2, 0) is 16.0 Å². The average molecular weight is 836 g/mol. The third-order valence-electron chi connectivity index (χ3n) is 11.5. The largest absolute Gasteiger partial charge is 0.493 e. The number of benzene rings is 5. The molecule has 0 saturated heterocycles. The molecule has 8 heteroatoms. The molecule has 10 rings (SSSR count). The number of aromatic nitrogens is 4. The van der Waals surface area contributed by atoms with Crippen LogP contribution in [0.2, 0.25) is 0 Å². The zero-order chi connectivity index (χ0) is 43.2. The van der Waals surface area contributed by atoms with Gasteiger partial charge in [0.25, 0.3) is 0 Å². The predicted molar refractivity (Wildman–Crippen MR) is 260 cm³/mol. The van der Waals surface area contributed by atoms with Crippen molar-refractivity contribution in [2.45, 2.75) is 18.9 Å². The van der Waals surface area contributed by atoms with Crippen molar-refractivity contribution < 1.29 is 14.3 Å². The molecule has 8 aromatic rings. The van der Waals surface area contributed by atoms with Gasteiger partial charge in [-0.2, -0.15) is 0 Å². The van der Waals surface area contributed by atoms with E-state index in [2.05, 4.69) is 143 Å². The highest BCUT2D eigenvalue weighted by molar-refractivity contribution is 5.99. The maximum atomic E-state index is 12.5. The molecule has 8 nitrogen and oxygen atoms in total. The normalized spacial score (nSPS) is 12.3. The third kappa shape index (κ3) is 8.42. The maximum absolute atomic E-state index is 12.5. The molecule has 3 aromatic heterocycles. The van der Waals surface area contributed by atoms with E-state index >= 15 is 0 Å². The van der Waals surface area contributed by atoms with Crippen LogP contribution in [0.25, 0.3) is 90.9 Å². The molecule has 0 radical (unpaired) electrons. The van der Waals surface area contributed by atoms with Crippen LogP contribution in [0.3, 0.4) is 0 Å². The fourth-order valence-corrected chi connectivity index (χ4v) is 8.43. The van der Waals surface area contributed by atoms with Gasteiger partial charge in [0.2, 0.25) is 0 Å². The first kappa shape index (κ1) is 40.0. The van der Waals surface area contributed by atoms with Gasteiger partial charge in [0, 0.05) is 50.7 Å². The minimum absolute atomic E-state index is 0.221. The zero-order valence-electron chi connectivity index (χ0n) is 35.1. The summed E-state index contributed by atoms with van der Waals surface area (Å²) in [5.41, 5.74) is 22.3. The Hall–Kier alpha value is -8.07. The van der Waals surface area contributed by atoms with Crippen molar-refractivity contribution in [3.8, 4) is 50.3 Å². The van der Waals surface area contributed by atoms with Gasteiger partial charge in [-0.25, -0.2) is 9.97 Å². The Balaban J connectivity index is 1.06. The lowest BCUT2D eigenvalue weighted by Crippen LogP contribution is -2.34. The van der Waals surface area contributed by atoms with Crippen molar-refractivity contribution in [2.24, 2.45) is 5.73 Å². The van der Waals surface area contributed by atoms with E-state index in [1.165, 1.54) is 0 Å². The highest BCUT2D eigenvalue weighted by Gasteiger charge is 2.19. The predicted octanol–water partition coefficient (Wildman–Crippen LogP) is 12.2.